The number of aliphatic imine (C=N–C) groups is 1. The van der Waals surface area contributed by atoms with E-state index in [1.54, 1.807) is 6.92 Å². The van der Waals surface area contributed by atoms with Gasteiger partial charge in [0.2, 0.25) is 0 Å². The summed E-state index contributed by atoms with van der Waals surface area (Å²) in [4.78, 5) is 18.3. The van der Waals surface area contributed by atoms with Crippen LogP contribution in [0.2, 0.25) is 0 Å². The van der Waals surface area contributed by atoms with Crippen molar-refractivity contribution in [1.82, 2.24) is 4.90 Å². The number of benzene rings is 1. The molecule has 0 bridgehead atoms. The highest BCUT2D eigenvalue weighted by Crippen LogP contribution is 2.32. The van der Waals surface area contributed by atoms with Gasteiger partial charge in [-0.2, -0.15) is 0 Å². The summed E-state index contributed by atoms with van der Waals surface area (Å²) in [5, 5.41) is 0. The second kappa shape index (κ2) is 3.44. The van der Waals surface area contributed by atoms with Gasteiger partial charge < -0.3 is 4.90 Å². The number of carbonyl (C=O) groups is 1. The van der Waals surface area contributed by atoms with Crippen LogP contribution in [0.1, 0.15) is 25.3 Å². The fraction of sp³-hybridized carbons (Fsp3) is 0.385. The first kappa shape index (κ1) is 9.58. The predicted molar refractivity (Wildman–Crippen MR) is 62.8 cm³/mol. The van der Waals surface area contributed by atoms with Crippen LogP contribution in [0.25, 0.3) is 0 Å². The fourth-order valence-corrected chi connectivity index (χ4v) is 2.57. The summed E-state index contributed by atoms with van der Waals surface area (Å²) in [5.74, 6) is 1.34. The Morgan fingerprint density at radius 2 is 2.25 bits per heavy atom. The topological polar surface area (TPSA) is 32.7 Å². The lowest BCUT2D eigenvalue weighted by Gasteiger charge is -2.29. The third-order valence-corrected chi connectivity index (χ3v) is 3.40. The SMILES string of the molecule is CC(=O)C1CCC2=Nc3ccccc3CN21. The molecule has 16 heavy (non-hydrogen) atoms. The molecule has 0 N–H and O–H groups in total. The molecule has 1 atom stereocenters. The zero-order valence-electron chi connectivity index (χ0n) is 9.31. The molecule has 1 fully saturated rings. The number of carbonyl (C=O) groups excluding carboxylic acids is 1. The number of ketones is 1. The van der Waals surface area contributed by atoms with Crippen molar-refractivity contribution in [2.75, 3.05) is 0 Å². The van der Waals surface area contributed by atoms with Crippen molar-refractivity contribution >= 4 is 17.3 Å². The maximum atomic E-state index is 11.5. The maximum Gasteiger partial charge on any atom is 0.152 e. The van der Waals surface area contributed by atoms with Gasteiger partial charge >= 0.3 is 0 Å². The van der Waals surface area contributed by atoms with Gasteiger partial charge in [0, 0.05) is 13.0 Å². The molecule has 1 aromatic rings. The van der Waals surface area contributed by atoms with Crippen LogP contribution in [0.5, 0.6) is 0 Å². The fourth-order valence-electron chi connectivity index (χ4n) is 2.57. The van der Waals surface area contributed by atoms with Crippen molar-refractivity contribution in [3.8, 4) is 0 Å². The summed E-state index contributed by atoms with van der Waals surface area (Å²) in [6.07, 6.45) is 1.85. The van der Waals surface area contributed by atoms with E-state index in [0.29, 0.717) is 0 Å². The van der Waals surface area contributed by atoms with Gasteiger partial charge in [0.25, 0.3) is 0 Å². The van der Waals surface area contributed by atoms with Crippen molar-refractivity contribution in [3.05, 3.63) is 29.8 Å². The number of hydrogen-bond donors (Lipinski definition) is 0. The van der Waals surface area contributed by atoms with E-state index in [4.69, 9.17) is 0 Å². The predicted octanol–water partition coefficient (Wildman–Crippen LogP) is 2.28. The normalized spacial score (nSPS) is 22.4. The summed E-state index contributed by atoms with van der Waals surface area (Å²) in [7, 11) is 0. The first-order chi connectivity index (χ1) is 7.75. The van der Waals surface area contributed by atoms with Crippen molar-refractivity contribution in [3.63, 3.8) is 0 Å². The van der Waals surface area contributed by atoms with Crippen LogP contribution >= 0.6 is 0 Å². The number of fused-ring (bicyclic) bond motifs is 2. The highest BCUT2D eigenvalue weighted by molar-refractivity contribution is 5.95. The Labute approximate surface area is 94.8 Å². The molecule has 3 rings (SSSR count). The molecule has 0 radical (unpaired) electrons. The van der Waals surface area contributed by atoms with Crippen LogP contribution in [-0.2, 0) is 11.3 Å². The highest BCUT2D eigenvalue weighted by Gasteiger charge is 2.34. The lowest BCUT2D eigenvalue weighted by molar-refractivity contribution is -0.120. The Bertz CT molecular complexity index is 479. The number of amidine groups is 1. The number of hydrogen-bond acceptors (Lipinski definition) is 3. The third-order valence-electron chi connectivity index (χ3n) is 3.40. The van der Waals surface area contributed by atoms with Crippen LogP contribution in [-0.4, -0.2) is 22.6 Å². The molecule has 0 aliphatic carbocycles. The van der Waals surface area contributed by atoms with Crippen LogP contribution in [0.4, 0.5) is 5.69 Å². The molecule has 2 aliphatic heterocycles. The summed E-state index contributed by atoms with van der Waals surface area (Å²) in [6, 6.07) is 8.21. The van der Waals surface area contributed by atoms with E-state index in [1.165, 1.54) is 5.56 Å². The molecule has 82 valence electrons. The Morgan fingerprint density at radius 1 is 1.44 bits per heavy atom. The minimum absolute atomic E-state index is 0.0482. The lowest BCUT2D eigenvalue weighted by Crippen LogP contribution is -2.38. The van der Waals surface area contributed by atoms with Gasteiger partial charge in [-0.3, -0.25) is 4.79 Å². The van der Waals surface area contributed by atoms with Gasteiger partial charge in [0.15, 0.2) is 5.78 Å². The van der Waals surface area contributed by atoms with E-state index in [-0.39, 0.29) is 11.8 Å². The lowest BCUT2D eigenvalue weighted by atomic mass is 10.1. The Balaban J connectivity index is 2.00. The standard InChI is InChI=1S/C13H14N2O/c1-9(16)12-6-7-13-14-11-5-3-2-4-10(11)8-15(12)13/h2-5,12H,6-8H2,1H3. The van der Waals surface area contributed by atoms with Crippen LogP contribution in [0.3, 0.4) is 0 Å². The largest absolute Gasteiger partial charge is 0.346 e. The highest BCUT2D eigenvalue weighted by atomic mass is 16.1. The number of para-hydroxylation sites is 1. The second-order valence-corrected chi connectivity index (χ2v) is 4.45. The zero-order chi connectivity index (χ0) is 11.1. The minimum Gasteiger partial charge on any atom is -0.346 e. The quantitative estimate of drug-likeness (QED) is 0.718. The minimum atomic E-state index is 0.0482. The molecule has 0 aromatic heterocycles. The van der Waals surface area contributed by atoms with E-state index in [2.05, 4.69) is 16.0 Å². The molecular weight excluding hydrogens is 200 g/mol. The first-order valence-electron chi connectivity index (χ1n) is 5.68. The Morgan fingerprint density at radius 3 is 3.06 bits per heavy atom. The van der Waals surface area contributed by atoms with E-state index in [9.17, 15) is 4.79 Å². The van der Waals surface area contributed by atoms with Gasteiger partial charge in [-0.1, -0.05) is 18.2 Å². The third kappa shape index (κ3) is 1.35. The van der Waals surface area contributed by atoms with E-state index >= 15 is 0 Å². The molecule has 1 unspecified atom stereocenters. The smallest absolute Gasteiger partial charge is 0.152 e. The van der Waals surface area contributed by atoms with Crippen LogP contribution < -0.4 is 0 Å². The van der Waals surface area contributed by atoms with Gasteiger partial charge in [-0.25, -0.2) is 4.99 Å². The number of nitrogens with zero attached hydrogens (tertiary/aromatic N) is 2. The van der Waals surface area contributed by atoms with Crippen molar-refractivity contribution in [2.24, 2.45) is 4.99 Å². The van der Waals surface area contributed by atoms with Crippen molar-refractivity contribution in [2.45, 2.75) is 32.4 Å². The Kier molecular flexibility index (Phi) is 2.06. The molecule has 0 spiro atoms. The van der Waals surface area contributed by atoms with E-state index < -0.39 is 0 Å². The number of rotatable bonds is 1. The summed E-state index contributed by atoms with van der Waals surface area (Å²) < 4.78 is 0. The van der Waals surface area contributed by atoms with Crippen molar-refractivity contribution in [1.29, 1.82) is 0 Å². The molecule has 0 saturated carbocycles. The Hall–Kier alpha value is -1.64. The molecule has 2 aliphatic rings. The second-order valence-electron chi connectivity index (χ2n) is 4.45. The summed E-state index contributed by atoms with van der Waals surface area (Å²) >= 11 is 0. The maximum absolute atomic E-state index is 11.5. The average molecular weight is 214 g/mol. The summed E-state index contributed by atoms with van der Waals surface area (Å²) in [6.45, 7) is 2.51. The van der Waals surface area contributed by atoms with Crippen molar-refractivity contribution < 1.29 is 4.79 Å². The molecule has 0 amide bonds. The molecule has 1 aromatic carbocycles. The molecular formula is C13H14N2O. The summed E-state index contributed by atoms with van der Waals surface area (Å²) in [5.41, 5.74) is 2.29. The average Bonchev–Trinajstić information content (AvgIpc) is 2.68. The van der Waals surface area contributed by atoms with Crippen LogP contribution in [0.15, 0.2) is 29.3 Å². The van der Waals surface area contributed by atoms with Gasteiger partial charge in [0.05, 0.1) is 11.7 Å². The van der Waals surface area contributed by atoms with Crippen LogP contribution in [0, 0.1) is 0 Å². The zero-order valence-corrected chi connectivity index (χ0v) is 9.31. The molecule has 1 saturated heterocycles. The van der Waals surface area contributed by atoms with E-state index in [0.717, 1.165) is 30.9 Å². The molecule has 2 heterocycles. The monoisotopic (exact) mass is 214 g/mol. The molecule has 3 nitrogen and oxygen atoms in total. The number of Topliss-reactive ketones (excluding diaryl/α,β-unsaturated/α-hetero) is 1. The first-order valence-corrected chi connectivity index (χ1v) is 5.68. The van der Waals surface area contributed by atoms with Gasteiger partial charge in [0.1, 0.15) is 5.84 Å². The van der Waals surface area contributed by atoms with Gasteiger partial charge in [-0.15, -0.1) is 0 Å². The van der Waals surface area contributed by atoms with Gasteiger partial charge in [-0.05, 0) is 25.0 Å². The van der Waals surface area contributed by atoms with E-state index in [1.807, 2.05) is 18.2 Å². The molecule has 3 heteroatoms.